The van der Waals surface area contributed by atoms with Crippen molar-refractivity contribution in [1.82, 2.24) is 9.88 Å². The molecule has 0 bridgehead atoms. The highest BCUT2D eigenvalue weighted by Gasteiger charge is 2.40. The minimum Gasteiger partial charge on any atom is -0.481 e. The van der Waals surface area contributed by atoms with Crippen molar-refractivity contribution in [3.05, 3.63) is 59.9 Å². The first-order valence-corrected chi connectivity index (χ1v) is 10.0. The van der Waals surface area contributed by atoms with Crippen LogP contribution >= 0.6 is 0 Å². The Morgan fingerprint density at radius 3 is 2.15 bits per heavy atom. The van der Waals surface area contributed by atoms with E-state index in [2.05, 4.69) is 54.1 Å². The summed E-state index contributed by atoms with van der Waals surface area (Å²) in [6.07, 6.45) is 4.15. The molecule has 178 valence electrons. The Morgan fingerprint density at radius 1 is 1.06 bits per heavy atom. The predicted molar refractivity (Wildman–Crippen MR) is 122 cm³/mol. The molecule has 0 aliphatic heterocycles. The number of para-hydroxylation sites is 1. The minimum absolute atomic E-state index is 0.491. The Bertz CT molecular complexity index is 946. The van der Waals surface area contributed by atoms with Crippen LogP contribution in [0.5, 0.6) is 0 Å². The van der Waals surface area contributed by atoms with Crippen molar-refractivity contribution in [2.45, 2.75) is 37.8 Å². The number of carbonyl (C=O) groups is 3. The van der Waals surface area contributed by atoms with Crippen molar-refractivity contribution in [2.75, 3.05) is 14.1 Å². The van der Waals surface area contributed by atoms with E-state index in [1.165, 1.54) is 5.56 Å². The molecule has 4 N–H and O–H groups in total. The van der Waals surface area contributed by atoms with Gasteiger partial charge in [-0.2, -0.15) is 0 Å². The summed E-state index contributed by atoms with van der Waals surface area (Å²) in [5.41, 5.74) is 0.583. The van der Waals surface area contributed by atoms with Gasteiger partial charge >= 0.3 is 17.9 Å². The molecule has 10 heteroatoms. The Kier molecular flexibility index (Phi) is 10.8. The third-order valence-corrected chi connectivity index (χ3v) is 4.71. The van der Waals surface area contributed by atoms with Gasteiger partial charge in [-0.3, -0.25) is 19.6 Å². The number of hydrogen-bond donors (Lipinski definition) is 4. The number of hydrogen-bond acceptors (Lipinski definition) is 7. The van der Waals surface area contributed by atoms with E-state index in [9.17, 15) is 14.4 Å². The Hall–Kier alpha value is -3.63. The summed E-state index contributed by atoms with van der Waals surface area (Å²) >= 11 is 0. The third kappa shape index (κ3) is 10.0. The van der Waals surface area contributed by atoms with Crippen molar-refractivity contribution < 1.29 is 34.8 Å². The molecule has 1 aromatic carbocycles. The summed E-state index contributed by atoms with van der Waals surface area (Å²) < 4.78 is 0. The molecular weight excluding hydrogens is 430 g/mol. The van der Waals surface area contributed by atoms with Crippen LogP contribution in [0.2, 0.25) is 0 Å². The van der Waals surface area contributed by atoms with Gasteiger partial charge in [0.05, 0.1) is 18.5 Å². The monoisotopic (exact) mass is 459 g/mol. The molecule has 0 saturated heterocycles. The fraction of sp³-hybridized carbons (Fsp3) is 0.348. The average molecular weight is 459 g/mol. The van der Waals surface area contributed by atoms with Crippen LogP contribution in [0, 0.1) is 0 Å². The van der Waals surface area contributed by atoms with Gasteiger partial charge in [-0.05, 0) is 45.1 Å². The molecule has 1 heterocycles. The van der Waals surface area contributed by atoms with E-state index in [1.807, 2.05) is 30.6 Å². The van der Waals surface area contributed by atoms with E-state index in [0.717, 1.165) is 17.7 Å². The van der Waals surface area contributed by atoms with Crippen molar-refractivity contribution in [1.29, 1.82) is 0 Å². The van der Waals surface area contributed by atoms with Crippen molar-refractivity contribution in [2.24, 2.45) is 4.99 Å². The topological polar surface area (TPSA) is 161 Å². The summed E-state index contributed by atoms with van der Waals surface area (Å²) in [5.74, 6) is -5.02. The summed E-state index contributed by atoms with van der Waals surface area (Å²) in [4.78, 5) is 41.4. The molecule has 0 aliphatic rings. The smallest absolute Gasteiger partial charge is 0.336 e. The van der Waals surface area contributed by atoms with Crippen LogP contribution in [0.4, 0.5) is 5.69 Å². The molecule has 0 radical (unpaired) electrons. The lowest BCUT2D eigenvalue weighted by atomic mass is 9.96. The lowest BCUT2D eigenvalue weighted by Crippen LogP contribution is -2.42. The van der Waals surface area contributed by atoms with Gasteiger partial charge in [-0.1, -0.05) is 24.3 Å². The Labute approximate surface area is 191 Å². The van der Waals surface area contributed by atoms with Crippen molar-refractivity contribution >= 4 is 29.8 Å². The van der Waals surface area contributed by atoms with E-state index >= 15 is 0 Å². The molecule has 2 rings (SSSR count). The quantitative estimate of drug-likeness (QED) is 0.390. The molecule has 0 aliphatic carbocycles. The van der Waals surface area contributed by atoms with Crippen LogP contribution < -0.4 is 0 Å². The highest BCUT2D eigenvalue weighted by molar-refractivity contribution is 5.88. The molecule has 1 unspecified atom stereocenters. The lowest BCUT2D eigenvalue weighted by molar-refractivity contribution is -0.170. The molecule has 0 spiro atoms. The number of aliphatic imine (C=N–C) groups is 1. The van der Waals surface area contributed by atoms with Crippen LogP contribution in [-0.2, 0) is 20.8 Å². The van der Waals surface area contributed by atoms with Crippen molar-refractivity contribution in [3.8, 4) is 0 Å². The number of nitrogens with zero attached hydrogens (tertiary/aromatic N) is 3. The fourth-order valence-electron chi connectivity index (χ4n) is 2.62. The maximum Gasteiger partial charge on any atom is 0.336 e. The molecule has 0 amide bonds. The zero-order chi connectivity index (χ0) is 25.0. The molecule has 10 nitrogen and oxygen atoms in total. The first-order valence-electron chi connectivity index (χ1n) is 10.0. The molecule has 1 atom stereocenters. The average Bonchev–Trinajstić information content (AvgIpc) is 2.73. The zero-order valence-corrected chi connectivity index (χ0v) is 18.8. The summed E-state index contributed by atoms with van der Waals surface area (Å²) in [7, 11) is 4.21. The van der Waals surface area contributed by atoms with Crippen LogP contribution in [0.25, 0.3) is 0 Å². The number of aliphatic hydroxyl groups is 1. The van der Waals surface area contributed by atoms with Gasteiger partial charge < -0.3 is 25.3 Å². The second-order valence-electron chi connectivity index (χ2n) is 7.67. The number of aliphatic carboxylic acids is 3. The van der Waals surface area contributed by atoms with E-state index in [4.69, 9.17) is 20.4 Å². The zero-order valence-electron chi connectivity index (χ0n) is 18.8. The van der Waals surface area contributed by atoms with Crippen molar-refractivity contribution in [3.63, 3.8) is 0 Å². The molecule has 33 heavy (non-hydrogen) atoms. The molecular formula is C23H29N3O7. The highest BCUT2D eigenvalue weighted by atomic mass is 16.4. The number of likely N-dealkylation sites (N-methyl/N-ethyl adjacent to an activating group) is 1. The second kappa shape index (κ2) is 13.0. The molecule has 0 fully saturated rings. The molecule has 2 aromatic rings. The first kappa shape index (κ1) is 27.4. The number of carboxylic acid groups (broad SMARTS) is 3. The third-order valence-electron chi connectivity index (χ3n) is 4.71. The Morgan fingerprint density at radius 2 is 1.67 bits per heavy atom. The summed E-state index contributed by atoms with van der Waals surface area (Å²) in [6.45, 7) is 2.22. The minimum atomic E-state index is -2.74. The largest absolute Gasteiger partial charge is 0.481 e. The molecule has 1 aromatic heterocycles. The van der Waals surface area contributed by atoms with Crippen LogP contribution in [0.1, 0.15) is 30.9 Å². The van der Waals surface area contributed by atoms with Crippen LogP contribution in [-0.4, -0.2) is 80.2 Å². The van der Waals surface area contributed by atoms with Gasteiger partial charge in [0.1, 0.15) is 0 Å². The fourth-order valence-corrected chi connectivity index (χ4v) is 2.62. The second-order valence-corrected chi connectivity index (χ2v) is 7.67. The number of pyridine rings is 1. The number of aromatic nitrogens is 1. The lowest BCUT2D eigenvalue weighted by Gasteiger charge is -2.20. The van der Waals surface area contributed by atoms with Crippen LogP contribution in [0.3, 0.4) is 0 Å². The van der Waals surface area contributed by atoms with Gasteiger partial charge in [-0.25, -0.2) is 4.79 Å². The van der Waals surface area contributed by atoms with E-state index in [0.29, 0.717) is 6.04 Å². The predicted octanol–water partition coefficient (Wildman–Crippen LogP) is 2.08. The summed E-state index contributed by atoms with van der Waals surface area (Å²) in [6, 6.07) is 12.7. The SMILES string of the molecule is CC(Cc1ccccc1N=Cc1cccnc1)N(C)C.O=C(O)CC(O)(CC(=O)O)C(=O)O. The number of carboxylic acids is 3. The van der Waals surface area contributed by atoms with E-state index in [-0.39, 0.29) is 0 Å². The van der Waals surface area contributed by atoms with Gasteiger partial charge in [0, 0.05) is 30.2 Å². The van der Waals surface area contributed by atoms with Gasteiger partial charge in [0.2, 0.25) is 0 Å². The number of benzene rings is 1. The normalized spacial score (nSPS) is 12.2. The van der Waals surface area contributed by atoms with Crippen LogP contribution in [0.15, 0.2) is 53.8 Å². The van der Waals surface area contributed by atoms with E-state index in [1.54, 1.807) is 6.20 Å². The van der Waals surface area contributed by atoms with Gasteiger partial charge in [-0.15, -0.1) is 0 Å². The first-order chi connectivity index (χ1) is 15.4. The van der Waals surface area contributed by atoms with Gasteiger partial charge in [0.25, 0.3) is 0 Å². The molecule has 0 saturated carbocycles. The van der Waals surface area contributed by atoms with Gasteiger partial charge in [0.15, 0.2) is 5.60 Å². The Balaban J connectivity index is 0.000000366. The number of rotatable bonds is 10. The maximum atomic E-state index is 10.3. The standard InChI is InChI=1S/C17H21N3.C6H8O7/c1-14(20(2)3)11-16-8-4-5-9-17(16)19-13-15-7-6-10-18-12-15;7-3(8)1-6(13,5(11)12)2-4(9)10/h4-10,12-14H,11H2,1-3H3;13H,1-2H2,(H,7,8)(H,9,10)(H,11,12). The highest BCUT2D eigenvalue weighted by Crippen LogP contribution is 2.21. The maximum absolute atomic E-state index is 10.3. The van der Waals surface area contributed by atoms with E-state index < -0.39 is 36.4 Å². The summed E-state index contributed by atoms with van der Waals surface area (Å²) in [5, 5.41) is 33.8.